The maximum absolute atomic E-state index is 5.95. The number of nitrogens with one attached hydrogen (secondary N) is 1. The van der Waals surface area contributed by atoms with Gasteiger partial charge in [0.1, 0.15) is 0 Å². The number of nitrogens with zero attached hydrogens (tertiary/aromatic N) is 1. The Morgan fingerprint density at radius 1 is 1.21 bits per heavy atom. The van der Waals surface area contributed by atoms with Crippen LogP contribution in [-0.2, 0) is 0 Å². The van der Waals surface area contributed by atoms with Crippen molar-refractivity contribution in [1.82, 2.24) is 4.98 Å². The van der Waals surface area contributed by atoms with Crippen LogP contribution >= 0.6 is 11.6 Å². The Hall–Kier alpha value is -1.54. The number of hydrogen-bond acceptors (Lipinski definition) is 2. The molecule has 0 spiro atoms. The quantitative estimate of drug-likeness (QED) is 0.830. The highest BCUT2D eigenvalue weighted by atomic mass is 35.5. The minimum Gasteiger partial charge on any atom is -0.377 e. The molecule has 0 amide bonds. The third-order valence-electron chi connectivity index (χ3n) is 3.22. The second-order valence-corrected chi connectivity index (χ2v) is 5.16. The number of aryl methyl sites for hydroxylation is 1. The van der Waals surface area contributed by atoms with E-state index in [4.69, 9.17) is 11.6 Å². The molecule has 2 rings (SSSR count). The molecule has 0 fully saturated rings. The van der Waals surface area contributed by atoms with Gasteiger partial charge in [-0.2, -0.15) is 0 Å². The fourth-order valence-corrected chi connectivity index (χ4v) is 2.23. The minimum absolute atomic E-state index is 0.296. The monoisotopic (exact) mass is 274 g/mol. The molecule has 1 aromatic heterocycles. The largest absolute Gasteiger partial charge is 0.377 e. The molecule has 0 aliphatic rings. The number of hydrogen-bond donors (Lipinski definition) is 1. The summed E-state index contributed by atoms with van der Waals surface area (Å²) in [6.45, 7) is 4.29. The molecule has 1 atom stereocenters. The van der Waals surface area contributed by atoms with Crippen LogP contribution in [0.25, 0.3) is 0 Å². The lowest BCUT2D eigenvalue weighted by molar-refractivity contribution is 0.676. The molecule has 1 N–H and O–H groups in total. The van der Waals surface area contributed by atoms with Crippen LogP contribution in [0.15, 0.2) is 42.7 Å². The van der Waals surface area contributed by atoms with Gasteiger partial charge in [-0.25, -0.2) is 0 Å². The highest BCUT2D eigenvalue weighted by Crippen LogP contribution is 2.26. The molecule has 0 aliphatic heterocycles. The summed E-state index contributed by atoms with van der Waals surface area (Å²) in [7, 11) is 0. The van der Waals surface area contributed by atoms with Gasteiger partial charge in [0.15, 0.2) is 0 Å². The van der Waals surface area contributed by atoms with E-state index >= 15 is 0 Å². The van der Waals surface area contributed by atoms with E-state index in [1.807, 2.05) is 30.6 Å². The van der Waals surface area contributed by atoms with Gasteiger partial charge in [-0.15, -0.1) is 0 Å². The van der Waals surface area contributed by atoms with Crippen molar-refractivity contribution in [3.63, 3.8) is 0 Å². The van der Waals surface area contributed by atoms with Crippen molar-refractivity contribution in [3.05, 3.63) is 58.9 Å². The Labute approximate surface area is 119 Å². The van der Waals surface area contributed by atoms with Crippen molar-refractivity contribution in [2.75, 3.05) is 5.32 Å². The van der Waals surface area contributed by atoms with Crippen molar-refractivity contribution < 1.29 is 0 Å². The average molecular weight is 275 g/mol. The Morgan fingerprint density at radius 3 is 2.58 bits per heavy atom. The van der Waals surface area contributed by atoms with Crippen LogP contribution in [0, 0.1) is 6.92 Å². The second-order valence-electron chi connectivity index (χ2n) is 4.73. The first kappa shape index (κ1) is 13.9. The fourth-order valence-electron chi connectivity index (χ4n) is 2.11. The van der Waals surface area contributed by atoms with Crippen molar-refractivity contribution in [2.24, 2.45) is 0 Å². The molecule has 19 heavy (non-hydrogen) atoms. The number of pyridine rings is 1. The topological polar surface area (TPSA) is 24.9 Å². The third kappa shape index (κ3) is 3.71. The SMILES string of the molecule is CCCC(Nc1cnccc1C)c1ccc(Cl)cc1. The molecule has 2 nitrogen and oxygen atoms in total. The molecule has 1 heterocycles. The van der Waals surface area contributed by atoms with Crippen LogP contribution < -0.4 is 5.32 Å². The van der Waals surface area contributed by atoms with Gasteiger partial charge in [-0.05, 0) is 42.7 Å². The normalized spacial score (nSPS) is 12.2. The summed E-state index contributed by atoms with van der Waals surface area (Å²) in [5, 5.41) is 4.35. The van der Waals surface area contributed by atoms with E-state index in [0.717, 1.165) is 23.6 Å². The van der Waals surface area contributed by atoms with Crippen LogP contribution in [-0.4, -0.2) is 4.98 Å². The zero-order chi connectivity index (χ0) is 13.7. The average Bonchev–Trinajstić information content (AvgIpc) is 2.42. The van der Waals surface area contributed by atoms with E-state index in [0.29, 0.717) is 6.04 Å². The predicted molar refractivity (Wildman–Crippen MR) is 81.7 cm³/mol. The molecule has 3 heteroatoms. The molecule has 2 aromatic rings. The second kappa shape index (κ2) is 6.58. The van der Waals surface area contributed by atoms with E-state index < -0.39 is 0 Å². The van der Waals surface area contributed by atoms with Crippen molar-refractivity contribution in [1.29, 1.82) is 0 Å². The molecule has 0 radical (unpaired) electrons. The van der Waals surface area contributed by atoms with Gasteiger partial charge in [0.2, 0.25) is 0 Å². The first-order chi connectivity index (χ1) is 9.20. The zero-order valence-electron chi connectivity index (χ0n) is 11.4. The van der Waals surface area contributed by atoms with Crippen molar-refractivity contribution in [2.45, 2.75) is 32.7 Å². The van der Waals surface area contributed by atoms with E-state index in [2.05, 4.69) is 36.3 Å². The first-order valence-electron chi connectivity index (χ1n) is 6.63. The number of aromatic nitrogens is 1. The third-order valence-corrected chi connectivity index (χ3v) is 3.47. The Kier molecular flexibility index (Phi) is 4.80. The minimum atomic E-state index is 0.296. The van der Waals surface area contributed by atoms with Crippen LogP contribution in [0.1, 0.15) is 36.9 Å². The summed E-state index contributed by atoms with van der Waals surface area (Å²) in [4.78, 5) is 4.18. The van der Waals surface area contributed by atoms with Gasteiger partial charge in [0.05, 0.1) is 17.9 Å². The predicted octanol–water partition coefficient (Wildman–Crippen LogP) is 5.00. The molecular weight excluding hydrogens is 256 g/mol. The molecule has 1 aromatic carbocycles. The van der Waals surface area contributed by atoms with E-state index in [1.54, 1.807) is 0 Å². The van der Waals surface area contributed by atoms with Gasteiger partial charge in [0, 0.05) is 11.2 Å². The Morgan fingerprint density at radius 2 is 1.95 bits per heavy atom. The molecule has 0 aliphatic carbocycles. The maximum atomic E-state index is 5.95. The van der Waals surface area contributed by atoms with Gasteiger partial charge in [-0.3, -0.25) is 4.98 Å². The van der Waals surface area contributed by atoms with Crippen LogP contribution in [0.2, 0.25) is 5.02 Å². The first-order valence-corrected chi connectivity index (χ1v) is 7.01. The summed E-state index contributed by atoms with van der Waals surface area (Å²) in [6, 6.07) is 10.4. The summed E-state index contributed by atoms with van der Waals surface area (Å²) >= 11 is 5.95. The lowest BCUT2D eigenvalue weighted by Gasteiger charge is -2.21. The molecular formula is C16H19ClN2. The summed E-state index contributed by atoms with van der Waals surface area (Å²) in [5.74, 6) is 0. The Bertz CT molecular complexity index is 523. The summed E-state index contributed by atoms with van der Waals surface area (Å²) < 4.78 is 0. The van der Waals surface area contributed by atoms with E-state index in [9.17, 15) is 0 Å². The summed E-state index contributed by atoms with van der Waals surface area (Å²) in [5.41, 5.74) is 3.57. The van der Waals surface area contributed by atoms with E-state index in [-0.39, 0.29) is 0 Å². The number of rotatable bonds is 5. The van der Waals surface area contributed by atoms with Crippen molar-refractivity contribution in [3.8, 4) is 0 Å². The summed E-state index contributed by atoms with van der Waals surface area (Å²) in [6.07, 6.45) is 5.90. The number of benzene rings is 1. The lowest BCUT2D eigenvalue weighted by Crippen LogP contribution is -2.11. The van der Waals surface area contributed by atoms with Crippen molar-refractivity contribution >= 4 is 17.3 Å². The zero-order valence-corrected chi connectivity index (χ0v) is 12.1. The van der Waals surface area contributed by atoms with Crippen LogP contribution in [0.4, 0.5) is 5.69 Å². The van der Waals surface area contributed by atoms with Gasteiger partial charge >= 0.3 is 0 Å². The molecule has 100 valence electrons. The lowest BCUT2D eigenvalue weighted by atomic mass is 10.0. The smallest absolute Gasteiger partial charge is 0.0561 e. The van der Waals surface area contributed by atoms with Gasteiger partial charge < -0.3 is 5.32 Å². The standard InChI is InChI=1S/C16H19ClN2/c1-3-4-15(13-5-7-14(17)8-6-13)19-16-11-18-10-9-12(16)2/h5-11,15,19H,3-4H2,1-2H3. The van der Waals surface area contributed by atoms with Crippen LogP contribution in [0.5, 0.6) is 0 Å². The van der Waals surface area contributed by atoms with Crippen LogP contribution in [0.3, 0.4) is 0 Å². The highest BCUT2D eigenvalue weighted by molar-refractivity contribution is 6.30. The molecule has 0 saturated carbocycles. The molecule has 1 unspecified atom stereocenters. The highest BCUT2D eigenvalue weighted by Gasteiger charge is 2.11. The van der Waals surface area contributed by atoms with Gasteiger partial charge in [-0.1, -0.05) is 37.1 Å². The van der Waals surface area contributed by atoms with Gasteiger partial charge in [0.25, 0.3) is 0 Å². The number of halogens is 1. The Balaban J connectivity index is 2.21. The maximum Gasteiger partial charge on any atom is 0.0561 e. The fraction of sp³-hybridized carbons (Fsp3) is 0.312. The number of anilines is 1. The molecule has 0 bridgehead atoms. The van der Waals surface area contributed by atoms with E-state index in [1.165, 1.54) is 11.1 Å². The molecule has 0 saturated heterocycles.